The summed E-state index contributed by atoms with van der Waals surface area (Å²) in [6.07, 6.45) is 1.79. The van der Waals surface area contributed by atoms with Crippen molar-refractivity contribution in [3.05, 3.63) is 35.6 Å². The molecule has 0 radical (unpaired) electrons. The number of halogens is 3. The molecule has 0 atom stereocenters. The minimum absolute atomic E-state index is 0.0231. The molecule has 0 saturated heterocycles. The van der Waals surface area contributed by atoms with Crippen LogP contribution in [0.5, 0.6) is 0 Å². The molecular weight excluding hydrogens is 225 g/mol. The lowest BCUT2D eigenvalue weighted by atomic mass is 9.71. The Hall–Kier alpha value is -0.990. The van der Waals surface area contributed by atoms with Gasteiger partial charge in [0.1, 0.15) is 5.82 Å². The molecule has 0 heterocycles. The highest BCUT2D eigenvalue weighted by Gasteiger charge is 2.40. The number of hydrogen-bond donors (Lipinski definition) is 0. The molecule has 0 aliphatic heterocycles. The number of hydrogen-bond acceptors (Lipinski definition) is 0. The minimum Gasteiger partial charge on any atom is -0.207 e. The van der Waals surface area contributed by atoms with Gasteiger partial charge in [0.05, 0.1) is 0 Å². The summed E-state index contributed by atoms with van der Waals surface area (Å²) in [4.78, 5) is 0. The number of alkyl halides is 2. The molecule has 3 heteroatoms. The maximum Gasteiger partial charge on any atom is 0.248 e. The van der Waals surface area contributed by atoms with E-state index in [1.807, 2.05) is 6.92 Å². The Bertz CT molecular complexity index is 371. The van der Waals surface area contributed by atoms with Crippen LogP contribution in [0.1, 0.15) is 38.2 Å². The molecule has 1 saturated carbocycles. The van der Waals surface area contributed by atoms with Crippen LogP contribution in [0.25, 0.3) is 0 Å². The van der Waals surface area contributed by atoms with E-state index in [-0.39, 0.29) is 24.1 Å². The van der Waals surface area contributed by atoms with Gasteiger partial charge in [-0.1, -0.05) is 19.1 Å². The van der Waals surface area contributed by atoms with Gasteiger partial charge in [-0.05, 0) is 42.4 Å². The van der Waals surface area contributed by atoms with Crippen LogP contribution in [0.4, 0.5) is 13.2 Å². The molecular formula is C14H17F3. The standard InChI is InChI=1S/C14H17F3/c1-13(6-8-14(16,17)9-7-13)10-11-2-4-12(15)5-3-11/h2-5H,6-10H2,1H3. The lowest BCUT2D eigenvalue weighted by Gasteiger charge is -2.37. The van der Waals surface area contributed by atoms with Crippen molar-refractivity contribution in [3.63, 3.8) is 0 Å². The van der Waals surface area contributed by atoms with Crippen LogP contribution in [-0.2, 0) is 6.42 Å². The Morgan fingerprint density at radius 3 is 2.06 bits per heavy atom. The summed E-state index contributed by atoms with van der Waals surface area (Å²) in [7, 11) is 0. The van der Waals surface area contributed by atoms with Crippen LogP contribution < -0.4 is 0 Å². The summed E-state index contributed by atoms with van der Waals surface area (Å²) in [5, 5.41) is 0. The van der Waals surface area contributed by atoms with Crippen LogP contribution in [0.2, 0.25) is 0 Å². The van der Waals surface area contributed by atoms with Gasteiger partial charge in [-0.3, -0.25) is 0 Å². The normalized spacial score (nSPS) is 22.4. The first-order chi connectivity index (χ1) is 7.89. The fraction of sp³-hybridized carbons (Fsp3) is 0.571. The maximum atomic E-state index is 13.1. The molecule has 0 spiro atoms. The van der Waals surface area contributed by atoms with E-state index in [9.17, 15) is 13.2 Å². The molecule has 1 aromatic rings. The predicted molar refractivity (Wildman–Crippen MR) is 61.6 cm³/mol. The van der Waals surface area contributed by atoms with Gasteiger partial charge in [0.15, 0.2) is 0 Å². The molecule has 1 aliphatic carbocycles. The summed E-state index contributed by atoms with van der Waals surface area (Å²) in [6, 6.07) is 6.34. The van der Waals surface area contributed by atoms with Crippen molar-refractivity contribution in [3.8, 4) is 0 Å². The Morgan fingerprint density at radius 1 is 1.00 bits per heavy atom. The van der Waals surface area contributed by atoms with E-state index in [1.165, 1.54) is 12.1 Å². The smallest absolute Gasteiger partial charge is 0.207 e. The van der Waals surface area contributed by atoms with Gasteiger partial charge in [-0.15, -0.1) is 0 Å². The molecule has 0 unspecified atom stereocenters. The van der Waals surface area contributed by atoms with Gasteiger partial charge in [-0.2, -0.15) is 0 Å². The SMILES string of the molecule is CC1(Cc2ccc(F)cc2)CCC(F)(F)CC1. The van der Waals surface area contributed by atoms with E-state index in [2.05, 4.69) is 0 Å². The lowest BCUT2D eigenvalue weighted by Crippen LogP contribution is -2.32. The first kappa shape index (κ1) is 12.5. The zero-order valence-electron chi connectivity index (χ0n) is 9.98. The molecule has 1 aromatic carbocycles. The summed E-state index contributed by atoms with van der Waals surface area (Å²) < 4.78 is 38.9. The first-order valence-corrected chi connectivity index (χ1v) is 6.01. The van der Waals surface area contributed by atoms with Gasteiger partial charge in [0.2, 0.25) is 5.92 Å². The second-order valence-electron chi connectivity index (χ2n) is 5.47. The predicted octanol–water partition coefficient (Wildman–Crippen LogP) is 4.58. The largest absolute Gasteiger partial charge is 0.248 e. The summed E-state index contributed by atoms with van der Waals surface area (Å²) in [6.45, 7) is 2.05. The molecule has 0 nitrogen and oxygen atoms in total. The van der Waals surface area contributed by atoms with Gasteiger partial charge in [-0.25, -0.2) is 13.2 Å². The van der Waals surface area contributed by atoms with E-state index in [4.69, 9.17) is 0 Å². The lowest BCUT2D eigenvalue weighted by molar-refractivity contribution is -0.0633. The quantitative estimate of drug-likeness (QED) is 0.711. The van der Waals surface area contributed by atoms with Gasteiger partial charge < -0.3 is 0 Å². The van der Waals surface area contributed by atoms with E-state index in [0.717, 1.165) is 12.0 Å². The van der Waals surface area contributed by atoms with Crippen molar-refractivity contribution in [2.24, 2.45) is 5.41 Å². The van der Waals surface area contributed by atoms with Crippen LogP contribution in [0, 0.1) is 11.2 Å². The molecule has 1 fully saturated rings. The fourth-order valence-corrected chi connectivity index (χ4v) is 2.49. The Labute approximate surface area is 99.8 Å². The van der Waals surface area contributed by atoms with Crippen LogP contribution >= 0.6 is 0 Å². The zero-order chi connectivity index (χ0) is 12.5. The summed E-state index contributed by atoms with van der Waals surface area (Å²) in [5.41, 5.74) is 0.957. The monoisotopic (exact) mass is 242 g/mol. The highest BCUT2D eigenvalue weighted by Crippen LogP contribution is 2.45. The van der Waals surface area contributed by atoms with Gasteiger partial charge in [0.25, 0.3) is 0 Å². The fourth-order valence-electron chi connectivity index (χ4n) is 2.49. The molecule has 94 valence electrons. The van der Waals surface area contributed by atoms with E-state index < -0.39 is 5.92 Å². The van der Waals surface area contributed by atoms with Gasteiger partial charge >= 0.3 is 0 Å². The van der Waals surface area contributed by atoms with Crippen molar-refractivity contribution in [1.82, 2.24) is 0 Å². The molecule has 0 amide bonds. The molecule has 0 bridgehead atoms. The average molecular weight is 242 g/mol. The maximum absolute atomic E-state index is 13.1. The van der Waals surface area contributed by atoms with E-state index in [0.29, 0.717) is 12.8 Å². The van der Waals surface area contributed by atoms with Crippen molar-refractivity contribution in [2.75, 3.05) is 0 Å². The number of benzene rings is 1. The third-order valence-corrected chi connectivity index (χ3v) is 3.73. The topological polar surface area (TPSA) is 0 Å². The summed E-state index contributed by atoms with van der Waals surface area (Å²) >= 11 is 0. The van der Waals surface area contributed by atoms with Crippen molar-refractivity contribution in [1.29, 1.82) is 0 Å². The minimum atomic E-state index is -2.48. The molecule has 0 aromatic heterocycles. The third-order valence-electron chi connectivity index (χ3n) is 3.73. The van der Waals surface area contributed by atoms with Crippen LogP contribution in [0.3, 0.4) is 0 Å². The third kappa shape index (κ3) is 3.24. The second kappa shape index (κ2) is 4.35. The molecule has 0 N–H and O–H groups in total. The van der Waals surface area contributed by atoms with Gasteiger partial charge in [0, 0.05) is 12.8 Å². The molecule has 17 heavy (non-hydrogen) atoms. The summed E-state index contributed by atoms with van der Waals surface area (Å²) in [5.74, 6) is -2.74. The van der Waals surface area contributed by atoms with E-state index >= 15 is 0 Å². The highest BCUT2D eigenvalue weighted by molar-refractivity contribution is 5.17. The van der Waals surface area contributed by atoms with Crippen molar-refractivity contribution < 1.29 is 13.2 Å². The first-order valence-electron chi connectivity index (χ1n) is 6.01. The Balaban J connectivity index is 2.01. The number of rotatable bonds is 2. The van der Waals surface area contributed by atoms with E-state index in [1.54, 1.807) is 12.1 Å². The highest BCUT2D eigenvalue weighted by atomic mass is 19.3. The molecule has 1 aliphatic rings. The van der Waals surface area contributed by atoms with Crippen molar-refractivity contribution in [2.45, 2.75) is 45.0 Å². The Morgan fingerprint density at radius 2 is 1.53 bits per heavy atom. The van der Waals surface area contributed by atoms with Crippen molar-refractivity contribution >= 4 is 0 Å². The Kier molecular flexibility index (Phi) is 3.19. The van der Waals surface area contributed by atoms with Crippen LogP contribution in [-0.4, -0.2) is 5.92 Å². The second-order valence-corrected chi connectivity index (χ2v) is 5.47. The zero-order valence-corrected chi connectivity index (χ0v) is 9.98. The average Bonchev–Trinajstić information content (AvgIpc) is 2.27. The molecule has 2 rings (SSSR count). The van der Waals surface area contributed by atoms with Crippen LogP contribution in [0.15, 0.2) is 24.3 Å².